The van der Waals surface area contributed by atoms with Gasteiger partial charge >= 0.3 is 0 Å². The van der Waals surface area contributed by atoms with Crippen LogP contribution in [-0.4, -0.2) is 11.0 Å². The van der Waals surface area contributed by atoms with Crippen LogP contribution < -0.4 is 5.32 Å². The van der Waals surface area contributed by atoms with Gasteiger partial charge in [-0.2, -0.15) is 0 Å². The molecule has 2 aromatic carbocycles. The van der Waals surface area contributed by atoms with Crippen LogP contribution in [0.4, 0.5) is 5.69 Å². The summed E-state index contributed by atoms with van der Waals surface area (Å²) in [5, 5.41) is 12.1. The zero-order valence-corrected chi connectivity index (χ0v) is 13.0. The molecule has 0 unspecified atom stereocenters. The summed E-state index contributed by atoms with van der Waals surface area (Å²) in [7, 11) is 0. The number of nitrogens with one attached hydrogen (secondary N) is 1. The molecule has 20 heavy (non-hydrogen) atoms. The molecular formula is C16H16BrNO2. The topological polar surface area (TPSA) is 49.3 Å². The zero-order valence-electron chi connectivity index (χ0n) is 11.4. The standard InChI is InChI=1S/C16H16BrNO2/c1-10-3-4-12(9-19)8-15(10)18-16(20)14-6-5-13(17)7-11(14)2/h3-8,19H,9H2,1-2H3,(H,18,20). The number of aliphatic hydroxyl groups is 1. The molecule has 0 heterocycles. The van der Waals surface area contributed by atoms with Crippen LogP contribution in [0, 0.1) is 13.8 Å². The van der Waals surface area contributed by atoms with Gasteiger partial charge in [0.05, 0.1) is 6.61 Å². The van der Waals surface area contributed by atoms with E-state index in [0.717, 1.165) is 26.9 Å². The van der Waals surface area contributed by atoms with E-state index >= 15 is 0 Å². The minimum absolute atomic E-state index is 0.0412. The number of halogens is 1. The largest absolute Gasteiger partial charge is 0.392 e. The SMILES string of the molecule is Cc1ccc(CO)cc1NC(=O)c1ccc(Br)cc1C. The summed E-state index contributed by atoms with van der Waals surface area (Å²) in [6.07, 6.45) is 0. The van der Waals surface area contributed by atoms with Crippen molar-refractivity contribution in [2.75, 3.05) is 5.32 Å². The number of hydrogen-bond donors (Lipinski definition) is 2. The van der Waals surface area contributed by atoms with Crippen molar-refractivity contribution in [3.8, 4) is 0 Å². The maximum absolute atomic E-state index is 12.3. The summed E-state index contributed by atoms with van der Waals surface area (Å²) in [6, 6.07) is 11.1. The van der Waals surface area contributed by atoms with E-state index in [0.29, 0.717) is 5.56 Å². The maximum Gasteiger partial charge on any atom is 0.255 e. The highest BCUT2D eigenvalue weighted by Crippen LogP contribution is 2.20. The van der Waals surface area contributed by atoms with Crippen LogP contribution in [0.1, 0.15) is 27.0 Å². The van der Waals surface area contributed by atoms with Crippen LogP contribution in [-0.2, 0) is 6.61 Å². The average Bonchev–Trinajstić information content (AvgIpc) is 2.41. The predicted octanol–water partition coefficient (Wildman–Crippen LogP) is 3.81. The number of aliphatic hydroxyl groups excluding tert-OH is 1. The van der Waals surface area contributed by atoms with Crippen molar-refractivity contribution in [3.63, 3.8) is 0 Å². The molecule has 0 atom stereocenters. The third-order valence-electron chi connectivity index (χ3n) is 3.17. The second-order valence-corrected chi connectivity index (χ2v) is 5.64. The third-order valence-corrected chi connectivity index (χ3v) is 3.66. The van der Waals surface area contributed by atoms with Gasteiger partial charge in [0.25, 0.3) is 5.91 Å². The van der Waals surface area contributed by atoms with E-state index in [-0.39, 0.29) is 12.5 Å². The molecule has 0 aliphatic rings. The fourth-order valence-corrected chi connectivity index (χ4v) is 2.45. The van der Waals surface area contributed by atoms with Crippen LogP contribution in [0.25, 0.3) is 0 Å². The number of benzene rings is 2. The van der Waals surface area contributed by atoms with Gasteiger partial charge in [0.2, 0.25) is 0 Å². The van der Waals surface area contributed by atoms with Crippen molar-refractivity contribution in [2.24, 2.45) is 0 Å². The number of amides is 1. The Morgan fingerprint density at radius 1 is 1.15 bits per heavy atom. The van der Waals surface area contributed by atoms with Crippen LogP contribution in [0.15, 0.2) is 40.9 Å². The van der Waals surface area contributed by atoms with Crippen molar-refractivity contribution in [1.82, 2.24) is 0 Å². The minimum Gasteiger partial charge on any atom is -0.392 e. The third kappa shape index (κ3) is 3.26. The lowest BCUT2D eigenvalue weighted by atomic mass is 10.1. The Hall–Kier alpha value is -1.65. The van der Waals surface area contributed by atoms with Gasteiger partial charge in [-0.15, -0.1) is 0 Å². The molecule has 4 heteroatoms. The van der Waals surface area contributed by atoms with Gasteiger partial charge in [0.1, 0.15) is 0 Å². The average molecular weight is 334 g/mol. The summed E-state index contributed by atoms with van der Waals surface area (Å²) in [5.41, 5.74) is 4.02. The first-order valence-corrected chi connectivity index (χ1v) is 7.08. The molecule has 0 radical (unpaired) electrons. The second kappa shape index (κ2) is 6.20. The van der Waals surface area contributed by atoms with Crippen molar-refractivity contribution in [1.29, 1.82) is 0 Å². The molecule has 2 N–H and O–H groups in total. The Labute approximate surface area is 126 Å². The summed E-state index contributed by atoms with van der Waals surface area (Å²) in [6.45, 7) is 3.78. The van der Waals surface area contributed by atoms with E-state index < -0.39 is 0 Å². The van der Waals surface area contributed by atoms with E-state index in [9.17, 15) is 4.79 Å². The van der Waals surface area contributed by atoms with Crippen LogP contribution in [0.3, 0.4) is 0 Å². The number of carbonyl (C=O) groups excluding carboxylic acids is 1. The van der Waals surface area contributed by atoms with Crippen molar-refractivity contribution >= 4 is 27.5 Å². The minimum atomic E-state index is -0.145. The molecule has 0 aliphatic carbocycles. The molecule has 2 rings (SSSR count). The summed E-state index contributed by atoms with van der Waals surface area (Å²) in [4.78, 5) is 12.3. The Kier molecular flexibility index (Phi) is 4.57. The van der Waals surface area contributed by atoms with Gasteiger partial charge < -0.3 is 10.4 Å². The normalized spacial score (nSPS) is 10.4. The molecule has 0 bridgehead atoms. The molecule has 0 spiro atoms. The number of rotatable bonds is 3. The molecule has 104 valence electrons. The van der Waals surface area contributed by atoms with Crippen molar-refractivity contribution < 1.29 is 9.90 Å². The van der Waals surface area contributed by atoms with E-state index in [2.05, 4.69) is 21.2 Å². The molecular weight excluding hydrogens is 318 g/mol. The van der Waals surface area contributed by atoms with Crippen LogP contribution >= 0.6 is 15.9 Å². The Balaban J connectivity index is 2.27. The molecule has 0 fully saturated rings. The van der Waals surface area contributed by atoms with Gasteiger partial charge in [-0.1, -0.05) is 28.1 Å². The molecule has 2 aromatic rings. The van der Waals surface area contributed by atoms with E-state index in [4.69, 9.17) is 5.11 Å². The highest BCUT2D eigenvalue weighted by atomic mass is 79.9. The lowest BCUT2D eigenvalue weighted by molar-refractivity contribution is 0.102. The highest BCUT2D eigenvalue weighted by Gasteiger charge is 2.11. The number of hydrogen-bond acceptors (Lipinski definition) is 2. The van der Waals surface area contributed by atoms with Crippen molar-refractivity contribution in [2.45, 2.75) is 20.5 Å². The maximum atomic E-state index is 12.3. The van der Waals surface area contributed by atoms with Crippen LogP contribution in [0.2, 0.25) is 0 Å². The molecule has 0 aliphatic heterocycles. The van der Waals surface area contributed by atoms with Crippen LogP contribution in [0.5, 0.6) is 0 Å². The number of aryl methyl sites for hydroxylation is 2. The Bertz CT molecular complexity index is 653. The van der Waals surface area contributed by atoms with Gasteiger partial charge in [0, 0.05) is 15.7 Å². The van der Waals surface area contributed by atoms with Gasteiger partial charge in [-0.25, -0.2) is 0 Å². The Morgan fingerprint density at radius 2 is 1.90 bits per heavy atom. The molecule has 0 saturated carbocycles. The summed E-state index contributed by atoms with van der Waals surface area (Å²) >= 11 is 3.38. The Morgan fingerprint density at radius 3 is 2.55 bits per heavy atom. The first-order chi connectivity index (χ1) is 9.51. The highest BCUT2D eigenvalue weighted by molar-refractivity contribution is 9.10. The fraction of sp³-hybridized carbons (Fsp3) is 0.188. The molecule has 1 amide bonds. The van der Waals surface area contributed by atoms with E-state index in [1.807, 2.05) is 38.1 Å². The lowest BCUT2D eigenvalue weighted by Gasteiger charge is -2.11. The first kappa shape index (κ1) is 14.8. The number of anilines is 1. The van der Waals surface area contributed by atoms with Gasteiger partial charge in [-0.3, -0.25) is 4.79 Å². The molecule has 0 aromatic heterocycles. The number of carbonyl (C=O) groups is 1. The van der Waals surface area contributed by atoms with E-state index in [1.54, 1.807) is 12.1 Å². The lowest BCUT2D eigenvalue weighted by Crippen LogP contribution is -2.14. The summed E-state index contributed by atoms with van der Waals surface area (Å²) < 4.78 is 0.949. The first-order valence-electron chi connectivity index (χ1n) is 6.29. The fourth-order valence-electron chi connectivity index (χ4n) is 1.97. The van der Waals surface area contributed by atoms with Crippen molar-refractivity contribution in [3.05, 3.63) is 63.1 Å². The molecule has 3 nitrogen and oxygen atoms in total. The quantitative estimate of drug-likeness (QED) is 0.897. The van der Waals surface area contributed by atoms with E-state index in [1.165, 1.54) is 0 Å². The second-order valence-electron chi connectivity index (χ2n) is 4.72. The monoisotopic (exact) mass is 333 g/mol. The van der Waals surface area contributed by atoms with Gasteiger partial charge in [-0.05, 0) is 54.8 Å². The summed E-state index contributed by atoms with van der Waals surface area (Å²) in [5.74, 6) is -0.145. The smallest absolute Gasteiger partial charge is 0.255 e. The predicted molar refractivity (Wildman–Crippen MR) is 83.9 cm³/mol. The van der Waals surface area contributed by atoms with Gasteiger partial charge in [0.15, 0.2) is 0 Å². The zero-order chi connectivity index (χ0) is 14.7. The molecule has 0 saturated heterocycles.